The molecule has 1 aliphatic heterocycles. The van der Waals surface area contributed by atoms with Gasteiger partial charge >= 0.3 is 11.9 Å². The predicted molar refractivity (Wildman–Crippen MR) is 136 cm³/mol. The maximum absolute atomic E-state index is 13.3. The Morgan fingerprint density at radius 1 is 1.19 bits per heavy atom. The molecule has 1 amide bonds. The molecular formula is C27H24N2O6S. The van der Waals surface area contributed by atoms with E-state index in [2.05, 4.69) is 11.6 Å². The summed E-state index contributed by atoms with van der Waals surface area (Å²) < 4.78 is 10.4. The van der Waals surface area contributed by atoms with Crippen LogP contribution in [0.15, 0.2) is 66.8 Å². The van der Waals surface area contributed by atoms with E-state index in [0.717, 1.165) is 16.9 Å². The highest BCUT2D eigenvalue weighted by Crippen LogP contribution is 2.44. The minimum Gasteiger partial charge on any atom is -0.507 e. The number of Topliss-reactive ketones (excluding diaryl/α,β-unsaturated/α-hetero) is 1. The molecule has 2 aromatic carbocycles. The maximum atomic E-state index is 13.3. The van der Waals surface area contributed by atoms with Crippen LogP contribution in [-0.4, -0.2) is 41.5 Å². The average molecular weight is 505 g/mol. The van der Waals surface area contributed by atoms with Gasteiger partial charge < -0.3 is 14.6 Å². The van der Waals surface area contributed by atoms with Crippen molar-refractivity contribution in [1.29, 1.82) is 0 Å². The fraction of sp³-hybridized carbons (Fsp3) is 0.185. The first-order valence-electron chi connectivity index (χ1n) is 11.0. The monoisotopic (exact) mass is 504 g/mol. The number of carbonyl (C=O) groups excluding carboxylic acids is 3. The number of carbonyl (C=O) groups is 3. The number of benzene rings is 2. The molecule has 0 saturated carbocycles. The number of thiazole rings is 1. The summed E-state index contributed by atoms with van der Waals surface area (Å²) in [5.74, 6) is -1.98. The Morgan fingerprint density at radius 2 is 1.92 bits per heavy atom. The van der Waals surface area contributed by atoms with Crippen LogP contribution in [0.25, 0.3) is 5.76 Å². The van der Waals surface area contributed by atoms with Gasteiger partial charge in [0.05, 0.1) is 24.4 Å². The summed E-state index contributed by atoms with van der Waals surface area (Å²) >= 11 is 0.949. The Morgan fingerprint density at radius 3 is 2.56 bits per heavy atom. The molecule has 0 aliphatic carbocycles. The molecule has 1 N–H and O–H groups in total. The van der Waals surface area contributed by atoms with Gasteiger partial charge in [-0.3, -0.25) is 14.5 Å². The fourth-order valence-corrected chi connectivity index (χ4v) is 5.02. The standard InChI is InChI=1S/C27H24N2O6S/c1-5-13-35-26(33)24-16(3)28-27(36-24)29-21(17-9-7-6-8-10-17)20(23(31)25(29)32)22(30)18-11-12-19(34-4)15(2)14-18/h5-12,14,21,30H,1,13H2,2-4H3/b22-20+. The van der Waals surface area contributed by atoms with Crippen LogP contribution in [0.4, 0.5) is 5.13 Å². The lowest BCUT2D eigenvalue weighted by Gasteiger charge is -2.23. The molecular weight excluding hydrogens is 480 g/mol. The van der Waals surface area contributed by atoms with E-state index in [1.54, 1.807) is 56.5 Å². The molecule has 2 heterocycles. The number of aliphatic hydroxyl groups is 1. The number of ether oxygens (including phenoxy) is 2. The number of methoxy groups -OCH3 is 1. The molecule has 4 rings (SSSR count). The number of hydrogen-bond donors (Lipinski definition) is 1. The molecule has 1 aliphatic rings. The van der Waals surface area contributed by atoms with Crippen molar-refractivity contribution >= 4 is 39.9 Å². The highest BCUT2D eigenvalue weighted by atomic mass is 32.1. The van der Waals surface area contributed by atoms with Crippen LogP contribution in [0, 0.1) is 13.8 Å². The number of amides is 1. The van der Waals surface area contributed by atoms with Crippen molar-refractivity contribution < 1.29 is 29.0 Å². The van der Waals surface area contributed by atoms with E-state index in [9.17, 15) is 19.5 Å². The Hall–Kier alpha value is -4.24. The zero-order chi connectivity index (χ0) is 26.0. The van der Waals surface area contributed by atoms with Crippen LogP contribution in [0.5, 0.6) is 5.75 Å². The summed E-state index contributed by atoms with van der Waals surface area (Å²) in [4.78, 5) is 44.9. The van der Waals surface area contributed by atoms with E-state index < -0.39 is 23.7 Å². The Kier molecular flexibility index (Phi) is 7.03. The first-order valence-corrected chi connectivity index (χ1v) is 11.9. The van der Waals surface area contributed by atoms with E-state index in [-0.39, 0.29) is 27.9 Å². The summed E-state index contributed by atoms with van der Waals surface area (Å²) in [5, 5.41) is 11.4. The molecule has 0 radical (unpaired) electrons. The lowest BCUT2D eigenvalue weighted by molar-refractivity contribution is -0.132. The summed E-state index contributed by atoms with van der Waals surface area (Å²) in [6, 6.07) is 12.9. The molecule has 1 fully saturated rings. The number of anilines is 1. The number of esters is 1. The van der Waals surface area contributed by atoms with Crippen LogP contribution >= 0.6 is 11.3 Å². The van der Waals surface area contributed by atoms with Crippen molar-refractivity contribution in [3.8, 4) is 5.75 Å². The third kappa shape index (κ3) is 4.40. The number of ketones is 1. The van der Waals surface area contributed by atoms with Gasteiger partial charge in [0, 0.05) is 5.56 Å². The normalized spacial score (nSPS) is 16.8. The van der Waals surface area contributed by atoms with Crippen LogP contribution in [0.1, 0.15) is 38.1 Å². The zero-order valence-corrected chi connectivity index (χ0v) is 20.8. The largest absolute Gasteiger partial charge is 0.507 e. The molecule has 0 spiro atoms. The lowest BCUT2D eigenvalue weighted by atomic mass is 9.95. The third-order valence-electron chi connectivity index (χ3n) is 5.74. The minimum absolute atomic E-state index is 0.0291. The van der Waals surface area contributed by atoms with E-state index in [1.165, 1.54) is 11.0 Å². The summed E-state index contributed by atoms with van der Waals surface area (Å²) in [6.07, 6.45) is 1.45. The third-order valence-corrected chi connectivity index (χ3v) is 6.87. The Bertz CT molecular complexity index is 1390. The van der Waals surface area contributed by atoms with Crippen LogP contribution in [0.3, 0.4) is 0 Å². The van der Waals surface area contributed by atoms with E-state index >= 15 is 0 Å². The minimum atomic E-state index is -0.948. The van der Waals surface area contributed by atoms with Crippen molar-refractivity contribution in [2.45, 2.75) is 19.9 Å². The smallest absolute Gasteiger partial charge is 0.350 e. The molecule has 9 heteroatoms. The van der Waals surface area contributed by atoms with Gasteiger partial charge in [0.2, 0.25) is 0 Å². The SMILES string of the molecule is C=CCOC(=O)c1sc(N2C(=O)C(=O)/C(=C(/O)c3ccc(OC)c(C)c3)C2c2ccccc2)nc1C. The second-order valence-electron chi connectivity index (χ2n) is 8.06. The molecule has 1 saturated heterocycles. The lowest BCUT2D eigenvalue weighted by Crippen LogP contribution is -2.29. The quantitative estimate of drug-likeness (QED) is 0.163. The van der Waals surface area contributed by atoms with Crippen LogP contribution < -0.4 is 9.64 Å². The molecule has 1 unspecified atom stereocenters. The van der Waals surface area contributed by atoms with Crippen molar-refractivity contribution in [3.63, 3.8) is 0 Å². The van der Waals surface area contributed by atoms with E-state index in [0.29, 0.717) is 22.6 Å². The molecule has 1 atom stereocenters. The first-order chi connectivity index (χ1) is 17.3. The maximum Gasteiger partial charge on any atom is 0.350 e. The van der Waals surface area contributed by atoms with Gasteiger partial charge in [0.15, 0.2) is 5.13 Å². The van der Waals surface area contributed by atoms with Crippen LogP contribution in [0.2, 0.25) is 0 Å². The second-order valence-corrected chi connectivity index (χ2v) is 9.04. The predicted octanol–water partition coefficient (Wildman–Crippen LogP) is 4.74. The summed E-state index contributed by atoms with van der Waals surface area (Å²) in [5.41, 5.74) is 2.02. The van der Waals surface area contributed by atoms with Crippen molar-refractivity contribution in [2.75, 3.05) is 18.6 Å². The van der Waals surface area contributed by atoms with Gasteiger partial charge in [-0.05, 0) is 43.2 Å². The molecule has 184 valence electrons. The molecule has 3 aromatic rings. The van der Waals surface area contributed by atoms with Gasteiger partial charge in [-0.25, -0.2) is 9.78 Å². The van der Waals surface area contributed by atoms with E-state index in [1.807, 2.05) is 13.0 Å². The van der Waals surface area contributed by atoms with Gasteiger partial charge in [0.1, 0.15) is 23.0 Å². The number of nitrogens with zero attached hydrogens (tertiary/aromatic N) is 2. The van der Waals surface area contributed by atoms with Crippen molar-refractivity contribution in [2.24, 2.45) is 0 Å². The van der Waals surface area contributed by atoms with Crippen LogP contribution in [-0.2, 0) is 14.3 Å². The topological polar surface area (TPSA) is 106 Å². The second kappa shape index (κ2) is 10.2. The highest BCUT2D eigenvalue weighted by Gasteiger charge is 2.48. The van der Waals surface area contributed by atoms with Gasteiger partial charge in [0.25, 0.3) is 5.78 Å². The Labute approximate surface area is 212 Å². The average Bonchev–Trinajstić information content (AvgIpc) is 3.39. The summed E-state index contributed by atoms with van der Waals surface area (Å²) in [7, 11) is 1.54. The molecule has 1 aromatic heterocycles. The zero-order valence-electron chi connectivity index (χ0n) is 20.0. The number of aryl methyl sites for hydroxylation is 2. The van der Waals surface area contributed by atoms with Gasteiger partial charge in [-0.1, -0.05) is 54.3 Å². The summed E-state index contributed by atoms with van der Waals surface area (Å²) in [6.45, 7) is 6.99. The number of aliphatic hydroxyl groups excluding tert-OH is 1. The molecule has 0 bridgehead atoms. The number of hydrogen-bond acceptors (Lipinski definition) is 8. The van der Waals surface area contributed by atoms with Crippen molar-refractivity contribution in [3.05, 3.63) is 94.0 Å². The first kappa shape index (κ1) is 24.9. The highest BCUT2D eigenvalue weighted by molar-refractivity contribution is 7.17. The molecule has 8 nitrogen and oxygen atoms in total. The van der Waals surface area contributed by atoms with Gasteiger partial charge in [-0.15, -0.1) is 0 Å². The van der Waals surface area contributed by atoms with Gasteiger partial charge in [-0.2, -0.15) is 0 Å². The van der Waals surface area contributed by atoms with E-state index in [4.69, 9.17) is 9.47 Å². The Balaban J connectivity index is 1.87. The molecule has 36 heavy (non-hydrogen) atoms. The van der Waals surface area contributed by atoms with Crippen molar-refractivity contribution in [1.82, 2.24) is 4.98 Å². The number of aromatic nitrogens is 1. The fourth-order valence-electron chi connectivity index (χ4n) is 4.04. The number of rotatable bonds is 7.